The Hall–Kier alpha value is -1.63. The van der Waals surface area contributed by atoms with E-state index in [0.29, 0.717) is 12.1 Å². The number of rotatable bonds is 2. The molecule has 0 atom stereocenters. The lowest BCUT2D eigenvalue weighted by atomic mass is 10.1. The quantitative estimate of drug-likeness (QED) is 0.623. The van der Waals surface area contributed by atoms with E-state index >= 15 is 0 Å². The average molecular weight is 281 g/mol. The van der Waals surface area contributed by atoms with Gasteiger partial charge in [-0.25, -0.2) is 4.39 Å². The van der Waals surface area contributed by atoms with Crippen LogP contribution in [0.25, 0.3) is 11.5 Å². The smallest absolute Gasteiger partial charge is 0.419 e. The van der Waals surface area contributed by atoms with Crippen LogP contribution in [0.15, 0.2) is 22.6 Å². The Balaban J connectivity index is 2.47. The Bertz CT molecular complexity index is 567. The molecule has 8 heteroatoms. The Morgan fingerprint density at radius 2 is 1.94 bits per heavy atom. The highest BCUT2D eigenvalue weighted by Gasteiger charge is 2.34. The summed E-state index contributed by atoms with van der Waals surface area (Å²) in [7, 11) is 0. The first kappa shape index (κ1) is 12.8. The summed E-state index contributed by atoms with van der Waals surface area (Å²) < 4.78 is 55.5. The van der Waals surface area contributed by atoms with Gasteiger partial charge in [-0.1, -0.05) is 0 Å². The highest BCUT2D eigenvalue weighted by atomic mass is 35.5. The van der Waals surface area contributed by atoms with Crippen LogP contribution in [0.2, 0.25) is 0 Å². The summed E-state index contributed by atoms with van der Waals surface area (Å²) in [5, 5.41) is 7.02. The van der Waals surface area contributed by atoms with Crippen molar-refractivity contribution in [3.05, 3.63) is 35.5 Å². The molecule has 18 heavy (non-hydrogen) atoms. The summed E-state index contributed by atoms with van der Waals surface area (Å²) in [5.41, 5.74) is -1.40. The van der Waals surface area contributed by atoms with E-state index in [1.807, 2.05) is 0 Å². The first-order chi connectivity index (χ1) is 8.41. The highest BCUT2D eigenvalue weighted by Crippen LogP contribution is 2.33. The van der Waals surface area contributed by atoms with Gasteiger partial charge in [0.15, 0.2) is 0 Å². The van der Waals surface area contributed by atoms with Gasteiger partial charge < -0.3 is 4.42 Å². The second-order valence-electron chi connectivity index (χ2n) is 3.33. The predicted octanol–water partition coefficient (Wildman–Crippen LogP) is 3.63. The van der Waals surface area contributed by atoms with Crippen LogP contribution in [0, 0.1) is 5.82 Å². The molecule has 0 unspecified atom stereocenters. The minimum Gasteiger partial charge on any atom is -0.419 e. The average Bonchev–Trinajstić information content (AvgIpc) is 2.76. The van der Waals surface area contributed by atoms with Crippen molar-refractivity contribution < 1.29 is 22.0 Å². The predicted molar refractivity (Wildman–Crippen MR) is 54.3 cm³/mol. The van der Waals surface area contributed by atoms with Crippen LogP contribution >= 0.6 is 11.6 Å². The monoisotopic (exact) mass is 280 g/mol. The number of alkyl halides is 4. The molecule has 96 valence electrons. The van der Waals surface area contributed by atoms with Crippen molar-refractivity contribution in [2.45, 2.75) is 12.1 Å². The zero-order valence-electron chi connectivity index (χ0n) is 8.63. The molecular formula is C10H5ClF4N2O. The molecule has 1 aromatic carbocycles. The Labute approximate surface area is 103 Å². The van der Waals surface area contributed by atoms with Gasteiger partial charge in [-0.2, -0.15) is 13.2 Å². The number of aromatic nitrogens is 2. The van der Waals surface area contributed by atoms with Gasteiger partial charge in [0.1, 0.15) is 11.7 Å². The fourth-order valence-electron chi connectivity index (χ4n) is 1.30. The standard InChI is InChI=1S/C10H5ClF4N2O/c11-4-8-16-17-9(18-8)5-1-2-7(12)6(3-5)10(13,14)15/h1-3H,4H2. The number of hydrogen-bond acceptors (Lipinski definition) is 3. The van der Waals surface area contributed by atoms with Crippen molar-refractivity contribution in [3.8, 4) is 11.5 Å². The van der Waals surface area contributed by atoms with Crippen LogP contribution in [-0.4, -0.2) is 10.2 Å². The van der Waals surface area contributed by atoms with E-state index in [-0.39, 0.29) is 23.2 Å². The maximum absolute atomic E-state index is 13.0. The van der Waals surface area contributed by atoms with Crippen molar-refractivity contribution >= 4 is 11.6 Å². The molecule has 0 spiro atoms. The molecule has 0 radical (unpaired) electrons. The molecule has 0 aliphatic heterocycles. The SMILES string of the molecule is Fc1ccc(-c2nnc(CCl)o2)cc1C(F)(F)F. The Kier molecular flexibility index (Phi) is 3.25. The minimum absolute atomic E-state index is 0.0207. The molecule has 0 fully saturated rings. The van der Waals surface area contributed by atoms with Crippen LogP contribution in [0.3, 0.4) is 0 Å². The van der Waals surface area contributed by atoms with Crippen LogP contribution < -0.4 is 0 Å². The topological polar surface area (TPSA) is 38.9 Å². The summed E-state index contributed by atoms with van der Waals surface area (Å²) in [6, 6.07) is 2.43. The fraction of sp³-hybridized carbons (Fsp3) is 0.200. The van der Waals surface area contributed by atoms with Crippen LogP contribution in [-0.2, 0) is 12.1 Å². The molecule has 2 aromatic rings. The number of hydrogen-bond donors (Lipinski definition) is 0. The van der Waals surface area contributed by atoms with E-state index in [2.05, 4.69) is 10.2 Å². The maximum atomic E-state index is 13.0. The van der Waals surface area contributed by atoms with E-state index in [1.165, 1.54) is 0 Å². The zero-order chi connectivity index (χ0) is 13.3. The third-order valence-electron chi connectivity index (χ3n) is 2.10. The van der Waals surface area contributed by atoms with E-state index in [0.717, 1.165) is 6.07 Å². The maximum Gasteiger partial charge on any atom is 0.419 e. The van der Waals surface area contributed by atoms with Gasteiger partial charge in [-0.15, -0.1) is 21.8 Å². The summed E-state index contributed by atoms with van der Waals surface area (Å²) in [6.07, 6.45) is -4.78. The summed E-state index contributed by atoms with van der Waals surface area (Å²) in [6.45, 7) is 0. The van der Waals surface area contributed by atoms with Gasteiger partial charge in [0.2, 0.25) is 11.8 Å². The highest BCUT2D eigenvalue weighted by molar-refractivity contribution is 6.16. The molecular weight excluding hydrogens is 276 g/mol. The van der Waals surface area contributed by atoms with Crippen LogP contribution in [0.1, 0.15) is 11.5 Å². The van der Waals surface area contributed by atoms with Gasteiger partial charge in [0.25, 0.3) is 0 Å². The molecule has 0 saturated carbocycles. The van der Waals surface area contributed by atoms with E-state index in [1.54, 1.807) is 0 Å². The lowest BCUT2D eigenvalue weighted by Crippen LogP contribution is -2.08. The minimum atomic E-state index is -4.78. The Morgan fingerprint density at radius 3 is 2.50 bits per heavy atom. The summed E-state index contributed by atoms with van der Waals surface area (Å²) in [5.74, 6) is -1.48. The number of benzene rings is 1. The van der Waals surface area contributed by atoms with E-state index in [9.17, 15) is 17.6 Å². The van der Waals surface area contributed by atoms with Crippen molar-refractivity contribution in [2.75, 3.05) is 0 Å². The molecule has 3 nitrogen and oxygen atoms in total. The molecule has 0 N–H and O–H groups in total. The third kappa shape index (κ3) is 2.45. The van der Waals surface area contributed by atoms with Crippen molar-refractivity contribution in [2.24, 2.45) is 0 Å². The van der Waals surface area contributed by atoms with Crippen molar-refractivity contribution in [1.29, 1.82) is 0 Å². The molecule has 0 saturated heterocycles. The molecule has 0 amide bonds. The fourth-order valence-corrected chi connectivity index (χ4v) is 1.41. The molecule has 2 rings (SSSR count). The molecule has 1 aromatic heterocycles. The van der Waals surface area contributed by atoms with Gasteiger partial charge in [0, 0.05) is 5.56 Å². The second-order valence-corrected chi connectivity index (χ2v) is 3.59. The Morgan fingerprint density at radius 1 is 1.22 bits per heavy atom. The largest absolute Gasteiger partial charge is 0.419 e. The third-order valence-corrected chi connectivity index (χ3v) is 2.33. The first-order valence-corrected chi connectivity index (χ1v) is 5.20. The lowest BCUT2D eigenvalue weighted by Gasteiger charge is -2.08. The normalized spacial score (nSPS) is 11.8. The summed E-state index contributed by atoms with van der Waals surface area (Å²) in [4.78, 5) is 0. The zero-order valence-corrected chi connectivity index (χ0v) is 9.39. The van der Waals surface area contributed by atoms with Gasteiger partial charge >= 0.3 is 6.18 Å². The van der Waals surface area contributed by atoms with Crippen molar-refractivity contribution in [1.82, 2.24) is 10.2 Å². The summed E-state index contributed by atoms with van der Waals surface area (Å²) >= 11 is 5.42. The van der Waals surface area contributed by atoms with Gasteiger partial charge in [-0.3, -0.25) is 0 Å². The molecule has 0 bridgehead atoms. The lowest BCUT2D eigenvalue weighted by molar-refractivity contribution is -0.139. The molecule has 1 heterocycles. The van der Waals surface area contributed by atoms with E-state index < -0.39 is 17.6 Å². The first-order valence-electron chi connectivity index (χ1n) is 4.67. The van der Waals surface area contributed by atoms with Crippen LogP contribution in [0.4, 0.5) is 17.6 Å². The van der Waals surface area contributed by atoms with E-state index in [4.69, 9.17) is 16.0 Å². The number of nitrogens with zero attached hydrogens (tertiary/aromatic N) is 2. The van der Waals surface area contributed by atoms with Crippen LogP contribution in [0.5, 0.6) is 0 Å². The van der Waals surface area contributed by atoms with Gasteiger partial charge in [0.05, 0.1) is 5.56 Å². The molecule has 0 aliphatic rings. The molecule has 0 aliphatic carbocycles. The number of halogens is 5. The second kappa shape index (κ2) is 4.56. The van der Waals surface area contributed by atoms with Gasteiger partial charge in [-0.05, 0) is 18.2 Å². The van der Waals surface area contributed by atoms with Crippen molar-refractivity contribution in [3.63, 3.8) is 0 Å².